The Bertz CT molecular complexity index is 1150. The predicted octanol–water partition coefficient (Wildman–Crippen LogP) is 20.5. The van der Waals surface area contributed by atoms with Gasteiger partial charge in [0.15, 0.2) is 0 Å². The monoisotopic (exact) mass is 1170 g/mol. The van der Waals surface area contributed by atoms with Crippen LogP contribution < -0.4 is 0 Å². The molecule has 0 fully saturated rings. The van der Waals surface area contributed by atoms with Crippen molar-refractivity contribution in [2.45, 2.75) is 285 Å². The SMILES string of the molecule is CCCCCCCCCCCCP(=O)(OC)[O][Sn]([O]P(=O)(CCCCCCCCCCCC)OC)([O]P(=O)(CCCCCCCCCCCC)OC)[O]P(=O)(CCCCCCCCCCCC)OC. The van der Waals surface area contributed by atoms with Crippen molar-refractivity contribution in [1.29, 1.82) is 0 Å². The summed E-state index contributed by atoms with van der Waals surface area (Å²) in [5.41, 5.74) is 0. The van der Waals surface area contributed by atoms with Crippen molar-refractivity contribution in [1.82, 2.24) is 0 Å². The van der Waals surface area contributed by atoms with Crippen molar-refractivity contribution in [3.63, 3.8) is 0 Å². The zero-order valence-corrected chi connectivity index (χ0v) is 52.7. The molecule has 0 aromatic heterocycles. The first-order valence-corrected chi connectivity index (χ1v) is 40.3. The maximum atomic E-state index is 14.9. The average molecular weight is 1170 g/mol. The zero-order valence-electron chi connectivity index (χ0n) is 46.3. The van der Waals surface area contributed by atoms with E-state index in [0.717, 1.165) is 103 Å². The third-order valence-corrected chi connectivity index (χ3v) is 38.1. The fourth-order valence-electron chi connectivity index (χ4n) is 8.65. The Morgan fingerprint density at radius 3 is 0.493 bits per heavy atom. The molecule has 4 atom stereocenters. The Hall–Kier alpha value is 1.40. The van der Waals surface area contributed by atoms with Crippen LogP contribution in [-0.2, 0) is 47.8 Å². The minimum atomic E-state index is -6.50. The van der Waals surface area contributed by atoms with Gasteiger partial charge in [-0.25, -0.2) is 0 Å². The molecule has 0 aliphatic carbocycles. The summed E-state index contributed by atoms with van der Waals surface area (Å²) < 4.78 is 108. The van der Waals surface area contributed by atoms with Crippen LogP contribution in [0.1, 0.15) is 285 Å². The number of rotatable bonds is 56. The van der Waals surface area contributed by atoms with Crippen LogP contribution in [0.15, 0.2) is 0 Å². The van der Waals surface area contributed by atoms with E-state index in [0.29, 0.717) is 25.7 Å². The first-order valence-electron chi connectivity index (χ1n) is 28.7. The second kappa shape index (κ2) is 46.7. The normalized spacial score (nSPS) is 16.5. The van der Waals surface area contributed by atoms with Crippen LogP contribution >= 0.6 is 30.4 Å². The summed E-state index contributed by atoms with van der Waals surface area (Å²) in [6.07, 6.45) is 42.7. The van der Waals surface area contributed by atoms with Gasteiger partial charge in [-0.3, -0.25) is 0 Å². The summed E-state index contributed by atoms with van der Waals surface area (Å²) >= 11 is -6.50. The molecule has 0 amide bonds. The zero-order chi connectivity index (χ0) is 51.3. The Morgan fingerprint density at radius 1 is 0.232 bits per heavy atom. The summed E-state index contributed by atoms with van der Waals surface area (Å²) in [7, 11) is -11.5. The van der Waals surface area contributed by atoms with E-state index in [1.165, 1.54) is 157 Å². The standard InChI is InChI=1S/4C13H29O3P.Sn/c4*1-3-4-5-6-7-8-9-10-11-12-13-17(14,15)16-2;/h4*3-13H2,1-2H3,(H,14,15);/q;;;;+4/p-4. The number of unbranched alkanes of at least 4 members (excludes halogenated alkanes) is 36. The Labute approximate surface area is 433 Å². The molecule has 0 rings (SSSR count). The van der Waals surface area contributed by atoms with Crippen molar-refractivity contribution in [3.05, 3.63) is 0 Å². The molecule has 0 aromatic rings. The second-order valence-corrected chi connectivity index (χ2v) is 37.6. The van der Waals surface area contributed by atoms with Gasteiger partial charge in [-0.05, 0) is 0 Å². The first-order chi connectivity index (χ1) is 33.3. The minimum absolute atomic E-state index is 0.0179. The summed E-state index contributed by atoms with van der Waals surface area (Å²) in [6.45, 7) is 8.89. The molecule has 4 unspecified atom stereocenters. The number of hydrogen-bond donors (Lipinski definition) is 0. The fourth-order valence-corrected chi connectivity index (χ4v) is 37.1. The molecular formula is C52H112O12P4Sn. The molecule has 17 heteroatoms. The van der Waals surface area contributed by atoms with Crippen LogP contribution in [-0.4, -0.2) is 73.1 Å². The van der Waals surface area contributed by atoms with E-state index in [2.05, 4.69) is 27.7 Å². The van der Waals surface area contributed by atoms with Gasteiger partial charge in [0.25, 0.3) is 0 Å². The van der Waals surface area contributed by atoms with Crippen molar-refractivity contribution < 1.29 is 47.8 Å². The van der Waals surface area contributed by atoms with E-state index in [1.54, 1.807) is 0 Å². The molecule has 0 spiro atoms. The maximum absolute atomic E-state index is 14.9. The molecule has 416 valence electrons. The molecule has 0 saturated heterocycles. The Morgan fingerprint density at radius 2 is 0.362 bits per heavy atom. The molecule has 0 aliphatic rings. The van der Waals surface area contributed by atoms with E-state index < -0.39 is 50.4 Å². The summed E-state index contributed by atoms with van der Waals surface area (Å²) in [6, 6.07) is 0. The van der Waals surface area contributed by atoms with Crippen LogP contribution in [0, 0.1) is 0 Å². The fraction of sp³-hybridized carbons (Fsp3) is 1.00. The summed E-state index contributed by atoms with van der Waals surface area (Å²) in [5, 5.41) is 0. The molecule has 0 N–H and O–H groups in total. The van der Waals surface area contributed by atoms with Gasteiger partial charge in [0.1, 0.15) is 0 Å². The van der Waals surface area contributed by atoms with E-state index in [9.17, 15) is 18.3 Å². The van der Waals surface area contributed by atoms with E-state index in [-0.39, 0.29) is 24.6 Å². The van der Waals surface area contributed by atoms with Gasteiger partial charge in [-0.1, -0.05) is 53.4 Å². The average Bonchev–Trinajstić information content (AvgIpc) is 3.33. The Kier molecular flexibility index (Phi) is 47.6. The van der Waals surface area contributed by atoms with Crippen molar-refractivity contribution in [2.24, 2.45) is 0 Å². The van der Waals surface area contributed by atoms with Crippen LogP contribution in [0.25, 0.3) is 0 Å². The van der Waals surface area contributed by atoms with Crippen LogP contribution in [0.2, 0.25) is 0 Å². The van der Waals surface area contributed by atoms with Crippen molar-refractivity contribution in [3.8, 4) is 0 Å². The van der Waals surface area contributed by atoms with Crippen molar-refractivity contribution >= 4 is 50.4 Å². The van der Waals surface area contributed by atoms with Gasteiger partial charge in [-0.15, -0.1) is 0 Å². The van der Waals surface area contributed by atoms with Gasteiger partial charge < -0.3 is 0 Å². The quantitative estimate of drug-likeness (QED) is 0.0325. The molecule has 0 aliphatic heterocycles. The van der Waals surface area contributed by atoms with Crippen LogP contribution in [0.5, 0.6) is 0 Å². The topological polar surface area (TPSA) is 142 Å². The van der Waals surface area contributed by atoms with Gasteiger partial charge in [0.05, 0.1) is 0 Å². The molecule has 0 aromatic carbocycles. The molecule has 0 heterocycles. The summed E-state index contributed by atoms with van der Waals surface area (Å²) in [4.78, 5) is 0. The third kappa shape index (κ3) is 39.4. The Balaban J connectivity index is 6.62. The predicted molar refractivity (Wildman–Crippen MR) is 295 cm³/mol. The molecule has 0 radical (unpaired) electrons. The first kappa shape index (κ1) is 70.4. The van der Waals surface area contributed by atoms with E-state index >= 15 is 0 Å². The molecule has 0 saturated carbocycles. The number of hydrogen-bond acceptors (Lipinski definition) is 12. The molecule has 12 nitrogen and oxygen atoms in total. The molecule has 69 heavy (non-hydrogen) atoms. The third-order valence-electron chi connectivity index (χ3n) is 13.3. The van der Waals surface area contributed by atoms with Gasteiger partial charge in [-0.2, -0.15) is 0 Å². The van der Waals surface area contributed by atoms with Gasteiger partial charge in [0, 0.05) is 0 Å². The summed E-state index contributed by atoms with van der Waals surface area (Å²) in [5.74, 6) is 0. The van der Waals surface area contributed by atoms with E-state index in [1.807, 2.05) is 0 Å². The second-order valence-electron chi connectivity index (χ2n) is 19.7. The van der Waals surface area contributed by atoms with Gasteiger partial charge in [0.2, 0.25) is 0 Å². The molecular weight excluding hydrogens is 1060 g/mol. The van der Waals surface area contributed by atoms with E-state index in [4.69, 9.17) is 29.5 Å². The van der Waals surface area contributed by atoms with Crippen LogP contribution in [0.3, 0.4) is 0 Å². The molecule has 0 bridgehead atoms. The van der Waals surface area contributed by atoms with Crippen molar-refractivity contribution in [2.75, 3.05) is 53.1 Å². The van der Waals surface area contributed by atoms with Gasteiger partial charge >= 0.3 is 382 Å². The van der Waals surface area contributed by atoms with Crippen LogP contribution in [0.4, 0.5) is 0 Å².